The Labute approximate surface area is 145 Å². The first kappa shape index (κ1) is 16.0. The quantitative estimate of drug-likeness (QED) is 0.702. The average Bonchev–Trinajstić information content (AvgIpc) is 3.00. The monoisotopic (exact) mass is 343 g/mol. The first-order valence-corrected chi connectivity index (χ1v) is 8.37. The van der Waals surface area contributed by atoms with E-state index in [9.17, 15) is 5.11 Å². The van der Waals surface area contributed by atoms with Crippen molar-refractivity contribution in [2.45, 2.75) is 31.6 Å². The van der Waals surface area contributed by atoms with E-state index >= 15 is 0 Å². The summed E-state index contributed by atoms with van der Waals surface area (Å²) in [6.07, 6.45) is 4.31. The lowest BCUT2D eigenvalue weighted by Crippen LogP contribution is -2.36. The third-order valence-electron chi connectivity index (χ3n) is 4.55. The van der Waals surface area contributed by atoms with Crippen LogP contribution < -0.4 is 16.0 Å². The lowest BCUT2D eigenvalue weighted by Gasteiger charge is -2.25. The van der Waals surface area contributed by atoms with Crippen LogP contribution in [0.25, 0.3) is 0 Å². The molecular weight excluding hydrogens is 322 g/mol. The number of hydrogen-bond acceptors (Lipinski definition) is 9. The molecule has 0 unspecified atom stereocenters. The van der Waals surface area contributed by atoms with Gasteiger partial charge in [-0.3, -0.25) is 0 Å². The van der Waals surface area contributed by atoms with Gasteiger partial charge in [0.05, 0.1) is 31.1 Å². The van der Waals surface area contributed by atoms with Crippen LogP contribution in [0.2, 0.25) is 0 Å². The van der Waals surface area contributed by atoms with Gasteiger partial charge in [-0.25, -0.2) is 19.9 Å². The Balaban J connectivity index is 1.46. The van der Waals surface area contributed by atoms with E-state index in [1.807, 2.05) is 11.1 Å². The fourth-order valence-corrected chi connectivity index (χ4v) is 3.31. The van der Waals surface area contributed by atoms with Crippen LogP contribution in [0.15, 0.2) is 18.6 Å². The molecule has 0 spiro atoms. The molecule has 2 atom stereocenters. The highest BCUT2D eigenvalue weighted by Crippen LogP contribution is 2.25. The molecule has 132 valence electrons. The molecule has 0 saturated carbocycles. The number of aliphatic hydroxyl groups excluding tert-OH is 1. The maximum absolute atomic E-state index is 10.1. The number of hydrogen-bond donors (Lipinski definition) is 3. The second kappa shape index (κ2) is 6.77. The van der Waals surface area contributed by atoms with Crippen molar-refractivity contribution in [2.75, 3.05) is 35.6 Å². The van der Waals surface area contributed by atoms with Gasteiger partial charge in [0.1, 0.15) is 18.0 Å². The normalized spacial score (nSPS) is 22.7. The molecule has 2 aromatic heterocycles. The molecule has 0 bridgehead atoms. The van der Waals surface area contributed by atoms with E-state index < -0.39 is 6.10 Å². The van der Waals surface area contributed by atoms with Crippen molar-refractivity contribution >= 4 is 17.6 Å². The van der Waals surface area contributed by atoms with Crippen molar-refractivity contribution in [2.24, 2.45) is 0 Å². The molecule has 4 N–H and O–H groups in total. The molecule has 4 rings (SSSR count). The first-order valence-electron chi connectivity index (χ1n) is 8.37. The molecule has 0 aromatic carbocycles. The number of rotatable bonds is 4. The molecule has 25 heavy (non-hydrogen) atoms. The van der Waals surface area contributed by atoms with E-state index in [-0.39, 0.29) is 6.04 Å². The van der Waals surface area contributed by atoms with Crippen molar-refractivity contribution in [1.29, 1.82) is 0 Å². The lowest BCUT2D eigenvalue weighted by molar-refractivity contribution is 0.109. The van der Waals surface area contributed by atoms with Gasteiger partial charge in [-0.05, 0) is 6.42 Å². The van der Waals surface area contributed by atoms with Gasteiger partial charge in [0.15, 0.2) is 0 Å². The molecule has 9 nitrogen and oxygen atoms in total. The van der Waals surface area contributed by atoms with Crippen LogP contribution in [0.1, 0.15) is 17.7 Å². The Bertz CT molecular complexity index is 757. The summed E-state index contributed by atoms with van der Waals surface area (Å²) in [6.45, 7) is 2.40. The molecular formula is C16H21N7O2. The average molecular weight is 343 g/mol. The third-order valence-corrected chi connectivity index (χ3v) is 4.55. The number of aliphatic hydroxyl groups is 1. The van der Waals surface area contributed by atoms with Crippen molar-refractivity contribution in [1.82, 2.24) is 19.9 Å². The summed E-state index contributed by atoms with van der Waals surface area (Å²) in [6, 6.07) is 1.80. The van der Waals surface area contributed by atoms with Crippen LogP contribution in [0, 0.1) is 0 Å². The molecule has 1 saturated heterocycles. The fraction of sp³-hybridized carbons (Fsp3) is 0.500. The smallest absolute Gasteiger partial charge is 0.222 e. The van der Waals surface area contributed by atoms with Crippen LogP contribution in [-0.4, -0.2) is 56.9 Å². The molecule has 4 heterocycles. The van der Waals surface area contributed by atoms with E-state index in [0.717, 1.165) is 23.5 Å². The Morgan fingerprint density at radius 3 is 3.16 bits per heavy atom. The van der Waals surface area contributed by atoms with Crippen LogP contribution in [-0.2, 0) is 17.8 Å². The van der Waals surface area contributed by atoms with Gasteiger partial charge in [0.2, 0.25) is 5.95 Å². The van der Waals surface area contributed by atoms with Gasteiger partial charge in [-0.15, -0.1) is 0 Å². The molecule has 2 aliphatic rings. The standard InChI is InChI=1S/C16H21N7O2/c17-14-4-15(21-9-20-14)23-7-12(24)3-11(23)6-19-16-18-5-10-8-25-2-1-13(10)22-16/h4-5,9,11-12,24H,1-3,6-8H2,(H2,17,20,21)(H,18,19,22)/t11-,12-/m1/s1. The number of β-amino-alcohol motifs (C(OH)–C–C–N with tert-alkyl or cyclic N) is 1. The van der Waals surface area contributed by atoms with E-state index in [2.05, 4.69) is 25.3 Å². The van der Waals surface area contributed by atoms with E-state index in [1.165, 1.54) is 6.33 Å². The molecule has 0 radical (unpaired) electrons. The third kappa shape index (κ3) is 3.47. The minimum atomic E-state index is -0.399. The lowest BCUT2D eigenvalue weighted by atomic mass is 10.1. The minimum absolute atomic E-state index is 0.0762. The maximum atomic E-state index is 10.1. The number of nitrogen functional groups attached to an aromatic ring is 1. The zero-order chi connectivity index (χ0) is 17.2. The topological polar surface area (TPSA) is 122 Å². The van der Waals surface area contributed by atoms with Gasteiger partial charge in [-0.1, -0.05) is 0 Å². The number of fused-ring (bicyclic) bond motifs is 1. The van der Waals surface area contributed by atoms with Crippen molar-refractivity contribution < 1.29 is 9.84 Å². The molecule has 0 amide bonds. The van der Waals surface area contributed by atoms with Crippen molar-refractivity contribution in [3.8, 4) is 0 Å². The summed E-state index contributed by atoms with van der Waals surface area (Å²) in [7, 11) is 0. The molecule has 1 fully saturated rings. The SMILES string of the molecule is Nc1cc(N2C[C@H](O)C[C@@H]2CNc2ncc3c(n2)CCOC3)ncn1. The summed E-state index contributed by atoms with van der Waals surface area (Å²) in [5.41, 5.74) is 7.84. The van der Waals surface area contributed by atoms with Crippen LogP contribution in [0.5, 0.6) is 0 Å². The van der Waals surface area contributed by atoms with Gasteiger partial charge < -0.3 is 25.8 Å². The zero-order valence-electron chi connectivity index (χ0n) is 13.8. The first-order chi connectivity index (χ1) is 12.2. The number of nitrogens with two attached hydrogens (primary N) is 1. The number of anilines is 3. The Morgan fingerprint density at radius 1 is 1.36 bits per heavy atom. The number of ether oxygens (including phenoxy) is 1. The summed E-state index contributed by atoms with van der Waals surface area (Å²) in [5, 5.41) is 13.3. The molecule has 0 aliphatic carbocycles. The number of nitrogens with one attached hydrogen (secondary N) is 1. The Kier molecular flexibility index (Phi) is 4.33. The summed E-state index contributed by atoms with van der Waals surface area (Å²) in [5.74, 6) is 1.74. The highest BCUT2D eigenvalue weighted by molar-refractivity contribution is 5.48. The highest BCUT2D eigenvalue weighted by Gasteiger charge is 2.32. The molecule has 9 heteroatoms. The second-order valence-electron chi connectivity index (χ2n) is 6.35. The van der Waals surface area contributed by atoms with Gasteiger partial charge in [-0.2, -0.15) is 0 Å². The second-order valence-corrected chi connectivity index (χ2v) is 6.35. The minimum Gasteiger partial charge on any atom is -0.391 e. The van der Waals surface area contributed by atoms with E-state index in [1.54, 1.807) is 6.07 Å². The van der Waals surface area contributed by atoms with E-state index in [4.69, 9.17) is 10.5 Å². The summed E-state index contributed by atoms with van der Waals surface area (Å²) in [4.78, 5) is 19.2. The Hall–Kier alpha value is -2.52. The van der Waals surface area contributed by atoms with Gasteiger partial charge in [0, 0.05) is 37.3 Å². The molecule has 2 aliphatic heterocycles. The summed E-state index contributed by atoms with van der Waals surface area (Å²) >= 11 is 0. The predicted octanol–water partition coefficient (Wildman–Crippen LogP) is -0.0268. The van der Waals surface area contributed by atoms with Crippen molar-refractivity contribution in [3.05, 3.63) is 29.8 Å². The highest BCUT2D eigenvalue weighted by atomic mass is 16.5. The van der Waals surface area contributed by atoms with E-state index in [0.29, 0.717) is 44.5 Å². The van der Waals surface area contributed by atoms with Crippen LogP contribution >= 0.6 is 0 Å². The fourth-order valence-electron chi connectivity index (χ4n) is 3.31. The van der Waals surface area contributed by atoms with Crippen LogP contribution in [0.4, 0.5) is 17.6 Å². The number of nitrogens with zero attached hydrogens (tertiary/aromatic N) is 5. The largest absolute Gasteiger partial charge is 0.391 e. The number of aromatic nitrogens is 4. The van der Waals surface area contributed by atoms with Crippen molar-refractivity contribution in [3.63, 3.8) is 0 Å². The Morgan fingerprint density at radius 2 is 2.28 bits per heavy atom. The molecule has 2 aromatic rings. The maximum Gasteiger partial charge on any atom is 0.222 e. The predicted molar refractivity (Wildman–Crippen MR) is 92.1 cm³/mol. The van der Waals surface area contributed by atoms with Gasteiger partial charge >= 0.3 is 0 Å². The van der Waals surface area contributed by atoms with Crippen LogP contribution in [0.3, 0.4) is 0 Å². The summed E-state index contributed by atoms with van der Waals surface area (Å²) < 4.78 is 5.40. The zero-order valence-corrected chi connectivity index (χ0v) is 13.8. The van der Waals surface area contributed by atoms with Gasteiger partial charge in [0.25, 0.3) is 0 Å².